The van der Waals surface area contributed by atoms with Gasteiger partial charge >= 0.3 is 0 Å². The van der Waals surface area contributed by atoms with E-state index in [1.807, 2.05) is 16.8 Å². The number of aromatic nitrogens is 4. The molecule has 5 nitrogen and oxygen atoms in total. The second-order valence-electron chi connectivity index (χ2n) is 4.94. The molecule has 0 aliphatic heterocycles. The summed E-state index contributed by atoms with van der Waals surface area (Å²) in [5.41, 5.74) is 7.10. The summed E-state index contributed by atoms with van der Waals surface area (Å²) < 4.78 is 1.91. The van der Waals surface area contributed by atoms with Gasteiger partial charge in [0.05, 0.1) is 10.6 Å². The number of hydrogen-bond acceptors (Lipinski definition) is 4. The molecule has 1 heterocycles. The molecule has 2 aromatic rings. The van der Waals surface area contributed by atoms with Crippen molar-refractivity contribution in [2.24, 2.45) is 0 Å². The first-order valence-electron chi connectivity index (χ1n) is 6.92. The molecule has 1 aromatic heterocycles. The van der Waals surface area contributed by atoms with Gasteiger partial charge in [0, 0.05) is 11.3 Å². The highest BCUT2D eigenvalue weighted by Gasteiger charge is 2.31. The van der Waals surface area contributed by atoms with Crippen LogP contribution in [0.3, 0.4) is 0 Å². The van der Waals surface area contributed by atoms with Gasteiger partial charge in [0.1, 0.15) is 0 Å². The third-order valence-corrected chi connectivity index (χ3v) is 4.44. The summed E-state index contributed by atoms with van der Waals surface area (Å²) >= 11 is 6.28. The van der Waals surface area contributed by atoms with Crippen LogP contribution < -0.4 is 5.73 Å². The largest absolute Gasteiger partial charge is 0.399 e. The molecule has 6 heteroatoms. The average Bonchev–Trinajstić information content (AvgIpc) is 2.91. The van der Waals surface area contributed by atoms with Crippen molar-refractivity contribution in [3.05, 3.63) is 23.2 Å². The molecule has 2 rings (SSSR count). The monoisotopic (exact) mass is 293 g/mol. The maximum Gasteiger partial charge on any atom is 0.184 e. The van der Waals surface area contributed by atoms with Crippen LogP contribution in [-0.2, 0) is 5.54 Å². The summed E-state index contributed by atoms with van der Waals surface area (Å²) in [6.07, 6.45) is 2.89. The minimum Gasteiger partial charge on any atom is -0.399 e. The number of benzene rings is 1. The highest BCUT2D eigenvalue weighted by atomic mass is 35.5. The molecule has 0 saturated carbocycles. The lowest BCUT2D eigenvalue weighted by atomic mass is 9.89. The third-order valence-electron chi connectivity index (χ3n) is 4.13. The summed E-state index contributed by atoms with van der Waals surface area (Å²) in [5, 5.41) is 12.8. The van der Waals surface area contributed by atoms with Gasteiger partial charge in [0.15, 0.2) is 5.82 Å². The standard InChI is InChI=1S/C14H20ClN5/c1-4-14(5-2,6-3)20-13(17-18-19-20)11-8-7-10(16)9-12(11)15/h7-9H,4-6,16H2,1-3H3. The number of hydrogen-bond donors (Lipinski definition) is 1. The van der Waals surface area contributed by atoms with Gasteiger partial charge in [-0.3, -0.25) is 0 Å². The van der Waals surface area contributed by atoms with Crippen LogP contribution in [0.1, 0.15) is 40.0 Å². The minimum absolute atomic E-state index is 0.0798. The number of nitrogens with zero attached hydrogens (tertiary/aromatic N) is 4. The number of anilines is 1. The van der Waals surface area contributed by atoms with Crippen LogP contribution in [0, 0.1) is 0 Å². The molecule has 0 amide bonds. The Labute approximate surface area is 124 Å². The van der Waals surface area contributed by atoms with Crippen molar-refractivity contribution in [1.29, 1.82) is 0 Å². The smallest absolute Gasteiger partial charge is 0.184 e. The second-order valence-corrected chi connectivity index (χ2v) is 5.35. The molecule has 2 N–H and O–H groups in total. The Balaban J connectivity index is 2.58. The first kappa shape index (κ1) is 14.8. The zero-order valence-electron chi connectivity index (χ0n) is 12.1. The van der Waals surface area contributed by atoms with Crippen LogP contribution in [0.4, 0.5) is 5.69 Å². The Morgan fingerprint density at radius 1 is 1.20 bits per heavy atom. The predicted octanol–water partition coefficient (Wildman–Crippen LogP) is 3.50. The highest BCUT2D eigenvalue weighted by molar-refractivity contribution is 6.33. The van der Waals surface area contributed by atoms with Crippen molar-refractivity contribution in [2.75, 3.05) is 5.73 Å². The van der Waals surface area contributed by atoms with E-state index in [0.717, 1.165) is 24.8 Å². The number of nitrogen functional groups attached to an aromatic ring is 1. The topological polar surface area (TPSA) is 69.6 Å². The van der Waals surface area contributed by atoms with Crippen LogP contribution in [0.5, 0.6) is 0 Å². The summed E-state index contributed by atoms with van der Waals surface area (Å²) in [6.45, 7) is 6.47. The number of tetrazole rings is 1. The van der Waals surface area contributed by atoms with Crippen molar-refractivity contribution < 1.29 is 0 Å². The fourth-order valence-electron chi connectivity index (χ4n) is 2.59. The molecule has 0 fully saturated rings. The van der Waals surface area contributed by atoms with Gasteiger partial charge in [-0.1, -0.05) is 32.4 Å². The van der Waals surface area contributed by atoms with Crippen LogP contribution in [0.2, 0.25) is 5.02 Å². The van der Waals surface area contributed by atoms with Crippen molar-refractivity contribution in [3.8, 4) is 11.4 Å². The van der Waals surface area contributed by atoms with Crippen molar-refractivity contribution >= 4 is 17.3 Å². The molecule has 1 aromatic carbocycles. The molecule has 0 saturated heterocycles. The van der Waals surface area contributed by atoms with E-state index in [0.29, 0.717) is 16.5 Å². The summed E-state index contributed by atoms with van der Waals surface area (Å²) in [4.78, 5) is 0. The third kappa shape index (κ3) is 2.38. The van der Waals surface area contributed by atoms with E-state index >= 15 is 0 Å². The zero-order chi connectivity index (χ0) is 14.8. The molecule has 20 heavy (non-hydrogen) atoms. The van der Waals surface area contributed by atoms with Gasteiger partial charge < -0.3 is 5.73 Å². The van der Waals surface area contributed by atoms with E-state index in [-0.39, 0.29) is 5.54 Å². The van der Waals surface area contributed by atoms with E-state index in [1.54, 1.807) is 6.07 Å². The summed E-state index contributed by atoms with van der Waals surface area (Å²) in [6, 6.07) is 5.40. The zero-order valence-corrected chi connectivity index (χ0v) is 12.9. The second kappa shape index (κ2) is 5.79. The Hall–Kier alpha value is -1.62. The number of halogens is 1. The van der Waals surface area contributed by atoms with Crippen LogP contribution in [0.25, 0.3) is 11.4 Å². The SMILES string of the molecule is CCC(CC)(CC)n1nnnc1-c1ccc(N)cc1Cl. The summed E-state index contributed by atoms with van der Waals surface area (Å²) in [5.74, 6) is 0.695. The Bertz CT molecular complexity index is 581. The van der Waals surface area contributed by atoms with Crippen LogP contribution in [-0.4, -0.2) is 20.2 Å². The van der Waals surface area contributed by atoms with Crippen molar-refractivity contribution in [3.63, 3.8) is 0 Å². The average molecular weight is 294 g/mol. The molecule has 0 atom stereocenters. The fourth-order valence-corrected chi connectivity index (χ4v) is 2.86. The Kier molecular flexibility index (Phi) is 4.28. The van der Waals surface area contributed by atoms with Gasteiger partial charge in [-0.25, -0.2) is 4.68 Å². The van der Waals surface area contributed by atoms with E-state index in [2.05, 4.69) is 36.3 Å². The lowest BCUT2D eigenvalue weighted by molar-refractivity contribution is 0.223. The maximum absolute atomic E-state index is 6.28. The fraction of sp³-hybridized carbons (Fsp3) is 0.500. The molecule has 0 unspecified atom stereocenters. The van der Waals surface area contributed by atoms with E-state index in [9.17, 15) is 0 Å². The van der Waals surface area contributed by atoms with Gasteiger partial charge in [0.25, 0.3) is 0 Å². The first-order chi connectivity index (χ1) is 9.57. The molecule has 0 aliphatic rings. The molecular formula is C14H20ClN5. The normalized spacial score (nSPS) is 11.8. The van der Waals surface area contributed by atoms with Crippen LogP contribution in [0.15, 0.2) is 18.2 Å². The highest BCUT2D eigenvalue weighted by Crippen LogP contribution is 2.34. The lowest BCUT2D eigenvalue weighted by Crippen LogP contribution is -2.33. The van der Waals surface area contributed by atoms with Crippen molar-refractivity contribution in [2.45, 2.75) is 45.6 Å². The van der Waals surface area contributed by atoms with Gasteiger partial charge in [-0.2, -0.15) is 0 Å². The van der Waals surface area contributed by atoms with Gasteiger partial charge in [-0.05, 0) is 47.9 Å². The summed E-state index contributed by atoms with van der Waals surface area (Å²) in [7, 11) is 0. The molecule has 0 bridgehead atoms. The first-order valence-corrected chi connectivity index (χ1v) is 7.30. The van der Waals surface area contributed by atoms with Gasteiger partial charge in [0.2, 0.25) is 0 Å². The quantitative estimate of drug-likeness (QED) is 0.857. The minimum atomic E-state index is -0.0798. The molecule has 0 aliphatic carbocycles. The van der Waals surface area contributed by atoms with Gasteiger partial charge in [-0.15, -0.1) is 5.10 Å². The predicted molar refractivity (Wildman–Crippen MR) is 81.5 cm³/mol. The van der Waals surface area contributed by atoms with E-state index in [1.165, 1.54) is 0 Å². The lowest BCUT2D eigenvalue weighted by Gasteiger charge is -2.31. The Morgan fingerprint density at radius 3 is 2.40 bits per heavy atom. The molecular weight excluding hydrogens is 274 g/mol. The van der Waals surface area contributed by atoms with E-state index in [4.69, 9.17) is 17.3 Å². The number of rotatable bonds is 5. The molecule has 0 spiro atoms. The molecule has 108 valence electrons. The molecule has 0 radical (unpaired) electrons. The van der Waals surface area contributed by atoms with E-state index < -0.39 is 0 Å². The van der Waals surface area contributed by atoms with Crippen molar-refractivity contribution in [1.82, 2.24) is 20.2 Å². The number of nitrogens with two attached hydrogens (primary N) is 1. The Morgan fingerprint density at radius 2 is 1.85 bits per heavy atom. The maximum atomic E-state index is 6.28. The van der Waals surface area contributed by atoms with Crippen LogP contribution >= 0.6 is 11.6 Å².